The number of hydrogen-bond acceptors (Lipinski definition) is 2. The van der Waals surface area contributed by atoms with E-state index >= 15 is 0 Å². The fourth-order valence-corrected chi connectivity index (χ4v) is 2.12. The van der Waals surface area contributed by atoms with Crippen LogP contribution in [0, 0.1) is 5.92 Å². The molecule has 0 heterocycles. The Morgan fingerprint density at radius 2 is 2.07 bits per heavy atom. The molecule has 0 aromatic heterocycles. The normalized spacial score (nSPS) is 22.1. The molecule has 0 aliphatic heterocycles. The Morgan fingerprint density at radius 3 is 2.50 bits per heavy atom. The highest BCUT2D eigenvalue weighted by atomic mass is 16.4. The van der Waals surface area contributed by atoms with Crippen molar-refractivity contribution >= 4 is 5.97 Å². The number of nitrogens with one attached hydrogen (secondary N) is 1. The highest BCUT2D eigenvalue weighted by Crippen LogP contribution is 2.28. The lowest BCUT2D eigenvalue weighted by atomic mass is 9.97. The second kappa shape index (κ2) is 5.35. The quantitative estimate of drug-likeness (QED) is 0.712. The van der Waals surface area contributed by atoms with E-state index in [0.717, 1.165) is 19.3 Å². The van der Waals surface area contributed by atoms with Crippen molar-refractivity contribution in [3.63, 3.8) is 0 Å². The van der Waals surface area contributed by atoms with Crippen molar-refractivity contribution in [3.8, 4) is 0 Å². The van der Waals surface area contributed by atoms with Crippen LogP contribution < -0.4 is 5.32 Å². The molecule has 1 aliphatic carbocycles. The monoisotopic (exact) mass is 199 g/mol. The Bertz CT molecular complexity index is 188. The maximum absolute atomic E-state index is 11.1. The summed E-state index contributed by atoms with van der Waals surface area (Å²) in [5.74, 6) is -0.335. The largest absolute Gasteiger partial charge is 0.480 e. The van der Waals surface area contributed by atoms with Crippen LogP contribution in [0.4, 0.5) is 0 Å². The fourth-order valence-electron chi connectivity index (χ4n) is 2.12. The second-order valence-corrected chi connectivity index (χ2v) is 4.34. The third kappa shape index (κ3) is 2.98. The van der Waals surface area contributed by atoms with Gasteiger partial charge < -0.3 is 10.4 Å². The highest BCUT2D eigenvalue weighted by molar-refractivity contribution is 5.74. The second-order valence-electron chi connectivity index (χ2n) is 4.34. The molecule has 1 saturated carbocycles. The van der Waals surface area contributed by atoms with E-state index in [9.17, 15) is 4.79 Å². The minimum Gasteiger partial charge on any atom is -0.480 e. The summed E-state index contributed by atoms with van der Waals surface area (Å²) in [5.41, 5.74) is 0. The molecule has 1 rings (SSSR count). The van der Waals surface area contributed by atoms with Crippen LogP contribution in [-0.2, 0) is 4.79 Å². The number of hydrogen-bond donors (Lipinski definition) is 2. The van der Waals surface area contributed by atoms with E-state index < -0.39 is 5.97 Å². The summed E-state index contributed by atoms with van der Waals surface area (Å²) in [4.78, 5) is 11.1. The molecule has 3 nitrogen and oxygen atoms in total. The van der Waals surface area contributed by atoms with E-state index in [-0.39, 0.29) is 6.04 Å². The van der Waals surface area contributed by atoms with Crippen LogP contribution in [0.15, 0.2) is 0 Å². The van der Waals surface area contributed by atoms with Gasteiger partial charge in [0, 0.05) is 6.04 Å². The number of rotatable bonds is 5. The molecule has 0 spiro atoms. The Morgan fingerprint density at radius 1 is 1.50 bits per heavy atom. The van der Waals surface area contributed by atoms with Gasteiger partial charge in [-0.2, -0.15) is 0 Å². The first-order valence-electron chi connectivity index (χ1n) is 5.64. The minimum absolute atomic E-state index is 0.302. The van der Waals surface area contributed by atoms with E-state index in [0.29, 0.717) is 12.0 Å². The van der Waals surface area contributed by atoms with Crippen LogP contribution >= 0.6 is 0 Å². The van der Waals surface area contributed by atoms with Gasteiger partial charge in [-0.3, -0.25) is 4.79 Å². The van der Waals surface area contributed by atoms with Gasteiger partial charge in [0.1, 0.15) is 6.04 Å². The van der Waals surface area contributed by atoms with Gasteiger partial charge in [0.15, 0.2) is 0 Å². The van der Waals surface area contributed by atoms with Gasteiger partial charge in [0.2, 0.25) is 0 Å². The number of carboxylic acid groups (broad SMARTS) is 1. The fraction of sp³-hybridized carbons (Fsp3) is 0.909. The molecule has 0 bridgehead atoms. The zero-order valence-electron chi connectivity index (χ0n) is 9.12. The summed E-state index contributed by atoms with van der Waals surface area (Å²) >= 11 is 0. The summed E-state index contributed by atoms with van der Waals surface area (Å²) in [6.07, 6.45) is 5.50. The molecule has 1 aliphatic rings. The summed E-state index contributed by atoms with van der Waals surface area (Å²) in [5, 5.41) is 12.3. The van der Waals surface area contributed by atoms with Gasteiger partial charge in [0.25, 0.3) is 0 Å². The molecular weight excluding hydrogens is 178 g/mol. The van der Waals surface area contributed by atoms with Gasteiger partial charge in [-0.25, -0.2) is 0 Å². The van der Waals surface area contributed by atoms with E-state index in [2.05, 4.69) is 12.2 Å². The lowest BCUT2D eigenvalue weighted by molar-refractivity contribution is -0.141. The zero-order valence-corrected chi connectivity index (χ0v) is 9.12. The van der Waals surface area contributed by atoms with Crippen LogP contribution in [0.2, 0.25) is 0 Å². The molecule has 0 aromatic rings. The lowest BCUT2D eigenvalue weighted by Crippen LogP contribution is -2.46. The molecule has 0 aromatic carbocycles. The van der Waals surface area contributed by atoms with Gasteiger partial charge in [-0.05, 0) is 32.1 Å². The Hall–Kier alpha value is -0.570. The molecule has 3 heteroatoms. The van der Waals surface area contributed by atoms with Gasteiger partial charge in [0.05, 0.1) is 0 Å². The smallest absolute Gasteiger partial charge is 0.320 e. The predicted molar refractivity (Wildman–Crippen MR) is 56.3 cm³/mol. The van der Waals surface area contributed by atoms with E-state index in [1.54, 1.807) is 0 Å². The van der Waals surface area contributed by atoms with Gasteiger partial charge in [-0.15, -0.1) is 0 Å². The molecular formula is C11H21NO2. The summed E-state index contributed by atoms with van der Waals surface area (Å²) in [6.45, 7) is 4.12. The van der Waals surface area contributed by atoms with Gasteiger partial charge in [-0.1, -0.05) is 19.8 Å². The van der Waals surface area contributed by atoms with Crippen molar-refractivity contribution in [2.75, 3.05) is 0 Å². The van der Waals surface area contributed by atoms with Crippen LogP contribution in [0.5, 0.6) is 0 Å². The molecule has 14 heavy (non-hydrogen) atoms. The summed E-state index contributed by atoms with van der Waals surface area (Å²) < 4.78 is 0. The van der Waals surface area contributed by atoms with Crippen LogP contribution in [0.25, 0.3) is 0 Å². The van der Waals surface area contributed by atoms with Crippen molar-refractivity contribution in [2.24, 2.45) is 5.92 Å². The third-order valence-corrected chi connectivity index (χ3v) is 3.21. The van der Waals surface area contributed by atoms with Crippen molar-refractivity contribution in [1.29, 1.82) is 0 Å². The topological polar surface area (TPSA) is 49.3 Å². The number of carbonyl (C=O) groups is 1. The van der Waals surface area contributed by atoms with Crippen molar-refractivity contribution < 1.29 is 9.90 Å². The first kappa shape index (κ1) is 11.5. The molecule has 0 amide bonds. The Labute approximate surface area is 85.9 Å². The molecule has 0 saturated heterocycles. The summed E-state index contributed by atoms with van der Waals surface area (Å²) in [6, 6.07) is -0.0239. The Kier molecular flexibility index (Phi) is 4.39. The number of carboxylic acids is 1. The average molecular weight is 199 g/mol. The first-order chi connectivity index (χ1) is 6.65. The van der Waals surface area contributed by atoms with Crippen LogP contribution in [-0.4, -0.2) is 23.2 Å². The van der Waals surface area contributed by atoms with E-state index in [4.69, 9.17) is 5.11 Å². The zero-order chi connectivity index (χ0) is 10.6. The highest BCUT2D eigenvalue weighted by Gasteiger charge is 2.30. The third-order valence-electron chi connectivity index (χ3n) is 3.21. The number of aliphatic carboxylic acids is 1. The van der Waals surface area contributed by atoms with Gasteiger partial charge >= 0.3 is 5.97 Å². The minimum atomic E-state index is -0.683. The van der Waals surface area contributed by atoms with Crippen LogP contribution in [0.3, 0.4) is 0 Å². The molecule has 2 atom stereocenters. The lowest BCUT2D eigenvalue weighted by Gasteiger charge is -2.24. The van der Waals surface area contributed by atoms with Crippen molar-refractivity contribution in [2.45, 2.75) is 58.0 Å². The molecule has 2 N–H and O–H groups in total. The van der Waals surface area contributed by atoms with Crippen molar-refractivity contribution in [3.05, 3.63) is 0 Å². The maximum atomic E-state index is 11.1. The summed E-state index contributed by atoms with van der Waals surface area (Å²) in [7, 11) is 0. The Balaban J connectivity index is 2.49. The standard InChI is InChI=1S/C11H21NO2/c1-3-8(2)12-10(11(13)14)9-6-4-5-7-9/h8-10,12H,3-7H2,1-2H3,(H,13,14). The van der Waals surface area contributed by atoms with E-state index in [1.165, 1.54) is 12.8 Å². The van der Waals surface area contributed by atoms with Crippen molar-refractivity contribution in [1.82, 2.24) is 5.32 Å². The van der Waals surface area contributed by atoms with Crippen LogP contribution in [0.1, 0.15) is 46.0 Å². The molecule has 2 unspecified atom stereocenters. The molecule has 0 radical (unpaired) electrons. The average Bonchev–Trinajstić information content (AvgIpc) is 2.65. The maximum Gasteiger partial charge on any atom is 0.320 e. The molecule has 82 valence electrons. The van der Waals surface area contributed by atoms with E-state index in [1.807, 2.05) is 6.92 Å². The first-order valence-corrected chi connectivity index (χ1v) is 5.64. The SMILES string of the molecule is CCC(C)NC(C(=O)O)C1CCCC1. The predicted octanol–water partition coefficient (Wildman–Crippen LogP) is 2.02. The molecule has 1 fully saturated rings.